The van der Waals surface area contributed by atoms with Crippen LogP contribution in [0.3, 0.4) is 0 Å². The highest BCUT2D eigenvalue weighted by Gasteiger charge is 2.12. The number of rotatable bonds is 0. The largest absolute Gasteiger partial charge is 0.726 e. The van der Waals surface area contributed by atoms with E-state index in [-0.39, 0.29) is 5.69 Å². The SMILES string of the molecule is N#[N+]c1cc(Br)ccc1F.O=S(=O)([O-])O. The summed E-state index contributed by atoms with van der Waals surface area (Å²) in [5.74, 6) is -0.536. The van der Waals surface area contributed by atoms with Gasteiger partial charge in [0.1, 0.15) is 0 Å². The van der Waals surface area contributed by atoms with Crippen molar-refractivity contribution < 1.29 is 21.9 Å². The standard InChI is InChI=1S/C6H3BrFN2.H2O4S/c7-4-1-2-5(8)6(3-4)10-9;1-5(2,3)4/h1-3H;(H2,1,2,3,4)/q+1;/p-1. The van der Waals surface area contributed by atoms with E-state index in [1.807, 2.05) is 0 Å². The minimum Gasteiger partial charge on any atom is -0.726 e. The third kappa shape index (κ3) is 7.95. The van der Waals surface area contributed by atoms with Gasteiger partial charge < -0.3 is 4.55 Å². The van der Waals surface area contributed by atoms with Crippen LogP contribution in [0, 0.1) is 11.2 Å². The molecule has 0 saturated carbocycles. The Hall–Kier alpha value is -1.08. The lowest BCUT2D eigenvalue weighted by atomic mass is 10.3. The number of diazo groups is 1. The highest BCUT2D eigenvalue weighted by atomic mass is 79.9. The maximum absolute atomic E-state index is 12.5. The van der Waals surface area contributed by atoms with Crippen LogP contribution in [0.1, 0.15) is 0 Å². The Balaban J connectivity index is 0.000000336. The second kappa shape index (κ2) is 5.72. The van der Waals surface area contributed by atoms with Crippen molar-refractivity contribution >= 4 is 32.0 Å². The van der Waals surface area contributed by atoms with Crippen LogP contribution in [0.4, 0.5) is 10.1 Å². The predicted octanol–water partition coefficient (Wildman–Crippen LogP) is 2.08. The molecule has 0 atom stereocenters. The molecule has 0 unspecified atom stereocenters. The molecule has 0 amide bonds. The molecular formula is C6H4BrFN2O4S. The molecule has 1 aromatic rings. The van der Waals surface area contributed by atoms with Gasteiger partial charge in [-0.05, 0) is 12.1 Å². The zero-order chi connectivity index (χ0) is 12.1. The molecule has 0 fully saturated rings. The second-order valence-corrected chi connectivity index (χ2v) is 3.89. The fourth-order valence-corrected chi connectivity index (χ4v) is 0.911. The molecule has 1 N–H and O–H groups in total. The van der Waals surface area contributed by atoms with Crippen molar-refractivity contribution in [3.63, 3.8) is 0 Å². The topological polar surface area (TPSA) is 106 Å². The third-order valence-corrected chi connectivity index (χ3v) is 1.51. The maximum Gasteiger partial charge on any atom is 0.421 e. The monoisotopic (exact) mass is 298 g/mol. The summed E-state index contributed by atoms with van der Waals surface area (Å²) < 4.78 is 46.0. The van der Waals surface area contributed by atoms with Gasteiger partial charge in [-0.15, -0.1) is 0 Å². The number of hydrogen-bond donors (Lipinski definition) is 1. The average Bonchev–Trinajstić information content (AvgIpc) is 2.06. The lowest BCUT2D eigenvalue weighted by Gasteiger charge is -1.88. The predicted molar refractivity (Wildman–Crippen MR) is 51.2 cm³/mol. The van der Waals surface area contributed by atoms with Gasteiger partial charge in [0.05, 0.1) is 6.07 Å². The van der Waals surface area contributed by atoms with E-state index >= 15 is 0 Å². The van der Waals surface area contributed by atoms with E-state index in [2.05, 4.69) is 20.9 Å². The quantitative estimate of drug-likeness (QED) is 0.448. The summed E-state index contributed by atoms with van der Waals surface area (Å²) in [6, 6.07) is 4.14. The lowest BCUT2D eigenvalue weighted by molar-refractivity contribution is 0.366. The Kier molecular flexibility index (Phi) is 5.31. The average molecular weight is 299 g/mol. The molecule has 0 bridgehead atoms. The molecule has 0 aliphatic carbocycles. The third-order valence-electron chi connectivity index (χ3n) is 1.02. The summed E-state index contributed by atoms with van der Waals surface area (Å²) in [6.07, 6.45) is 0. The molecular weight excluding hydrogens is 295 g/mol. The Morgan fingerprint density at radius 1 is 1.53 bits per heavy atom. The summed E-state index contributed by atoms with van der Waals surface area (Å²) in [4.78, 5) is 2.73. The minimum atomic E-state index is -4.92. The molecule has 0 spiro atoms. The zero-order valence-electron chi connectivity index (χ0n) is 6.96. The maximum atomic E-state index is 12.5. The van der Waals surface area contributed by atoms with Gasteiger partial charge in [0.2, 0.25) is 21.6 Å². The molecule has 0 radical (unpaired) electrons. The van der Waals surface area contributed by atoms with E-state index < -0.39 is 16.2 Å². The van der Waals surface area contributed by atoms with E-state index in [1.165, 1.54) is 18.2 Å². The fourth-order valence-electron chi connectivity index (χ4n) is 0.562. The van der Waals surface area contributed by atoms with Gasteiger partial charge in [0.15, 0.2) is 4.98 Å². The number of hydrogen-bond acceptors (Lipinski definition) is 4. The first-order valence-corrected chi connectivity index (χ1v) is 5.38. The van der Waals surface area contributed by atoms with Crippen molar-refractivity contribution in [2.45, 2.75) is 0 Å². The fraction of sp³-hybridized carbons (Fsp3) is 0. The van der Waals surface area contributed by atoms with Crippen LogP contribution in [0.5, 0.6) is 0 Å². The van der Waals surface area contributed by atoms with E-state index in [4.69, 9.17) is 22.9 Å². The summed E-state index contributed by atoms with van der Waals surface area (Å²) >= 11 is 3.10. The van der Waals surface area contributed by atoms with Crippen molar-refractivity contribution in [3.05, 3.63) is 33.5 Å². The van der Waals surface area contributed by atoms with E-state index in [0.717, 1.165) is 0 Å². The van der Waals surface area contributed by atoms with Crippen LogP contribution in [0.15, 0.2) is 22.7 Å². The van der Waals surface area contributed by atoms with Crippen LogP contribution < -0.4 is 0 Å². The molecule has 1 aromatic carbocycles. The van der Waals surface area contributed by atoms with Gasteiger partial charge >= 0.3 is 5.69 Å². The first-order valence-electron chi connectivity index (χ1n) is 3.22. The van der Waals surface area contributed by atoms with Gasteiger partial charge in [-0.1, -0.05) is 15.9 Å². The van der Waals surface area contributed by atoms with Gasteiger partial charge in [-0.2, -0.15) is 4.39 Å². The van der Waals surface area contributed by atoms with E-state index in [0.29, 0.717) is 4.47 Å². The summed E-state index contributed by atoms with van der Waals surface area (Å²) in [6.45, 7) is 0. The van der Waals surface area contributed by atoms with Crippen LogP contribution in [-0.4, -0.2) is 17.5 Å². The van der Waals surface area contributed by atoms with Crippen LogP contribution >= 0.6 is 15.9 Å². The first kappa shape index (κ1) is 13.9. The van der Waals surface area contributed by atoms with E-state index in [1.54, 1.807) is 0 Å². The molecule has 1 rings (SSSR count). The second-order valence-electron chi connectivity index (χ2n) is 2.12. The first-order chi connectivity index (χ1) is 6.74. The Bertz CT molecular complexity index is 476. The van der Waals surface area contributed by atoms with Crippen LogP contribution in [0.25, 0.3) is 4.98 Å². The molecule has 9 heteroatoms. The summed E-state index contributed by atoms with van der Waals surface area (Å²) in [5.41, 5.74) is -0.0608. The molecule has 6 nitrogen and oxygen atoms in total. The van der Waals surface area contributed by atoms with Gasteiger partial charge in [0, 0.05) is 4.47 Å². The number of halogens is 2. The van der Waals surface area contributed by atoms with Crippen molar-refractivity contribution in [1.82, 2.24) is 0 Å². The number of nitrogens with zero attached hydrogens (tertiary/aromatic N) is 2. The van der Waals surface area contributed by atoms with E-state index in [9.17, 15) is 4.39 Å². The highest BCUT2D eigenvalue weighted by Crippen LogP contribution is 2.21. The van der Waals surface area contributed by atoms with Gasteiger partial charge in [-0.3, -0.25) is 4.55 Å². The molecule has 0 aliphatic heterocycles. The number of benzene rings is 1. The van der Waals surface area contributed by atoms with Crippen LogP contribution in [-0.2, 0) is 10.4 Å². The van der Waals surface area contributed by atoms with Crippen molar-refractivity contribution in [1.29, 1.82) is 5.39 Å². The molecule has 0 saturated heterocycles. The van der Waals surface area contributed by atoms with Crippen molar-refractivity contribution in [3.8, 4) is 0 Å². The van der Waals surface area contributed by atoms with Crippen molar-refractivity contribution in [2.24, 2.45) is 0 Å². The molecule has 15 heavy (non-hydrogen) atoms. The smallest absolute Gasteiger partial charge is 0.421 e. The Morgan fingerprint density at radius 3 is 2.33 bits per heavy atom. The summed E-state index contributed by atoms with van der Waals surface area (Å²) in [5, 5.41) is 8.21. The highest BCUT2D eigenvalue weighted by molar-refractivity contribution is 9.10. The van der Waals surface area contributed by atoms with Crippen molar-refractivity contribution in [2.75, 3.05) is 0 Å². The molecule has 0 aliphatic rings. The van der Waals surface area contributed by atoms with Gasteiger partial charge in [0.25, 0.3) is 0 Å². The Labute approximate surface area is 93.1 Å². The molecule has 82 valence electrons. The zero-order valence-corrected chi connectivity index (χ0v) is 9.37. The van der Waals surface area contributed by atoms with Crippen LogP contribution in [0.2, 0.25) is 0 Å². The Morgan fingerprint density at radius 2 is 2.00 bits per heavy atom. The molecule has 0 heterocycles. The summed E-state index contributed by atoms with van der Waals surface area (Å²) in [7, 11) is -4.92. The normalized spacial score (nSPS) is 9.80. The molecule has 0 aromatic heterocycles. The minimum absolute atomic E-state index is 0.0608. The van der Waals surface area contributed by atoms with Gasteiger partial charge in [-0.25, -0.2) is 8.42 Å². The lowest BCUT2D eigenvalue weighted by Crippen LogP contribution is -1.90.